The van der Waals surface area contributed by atoms with Crippen LogP contribution in [0.3, 0.4) is 0 Å². The van der Waals surface area contributed by atoms with Gasteiger partial charge in [0.2, 0.25) is 0 Å². The van der Waals surface area contributed by atoms with Gasteiger partial charge in [-0.05, 0) is 67.5 Å². The molecule has 2 saturated carbocycles. The molecule has 5 N–H and O–H groups in total. The number of para-hydroxylation sites is 1. The molecule has 8 rings (SSSR count). The van der Waals surface area contributed by atoms with Crippen LogP contribution in [0.15, 0.2) is 60.9 Å². The molecule has 5 fully saturated rings. The molecule has 9 heteroatoms. The van der Waals surface area contributed by atoms with Crippen LogP contribution in [0.4, 0.5) is 11.6 Å². The lowest BCUT2D eigenvalue weighted by molar-refractivity contribution is -0.144. The maximum absolute atomic E-state index is 8.75. The van der Waals surface area contributed by atoms with E-state index >= 15 is 0 Å². The highest BCUT2D eigenvalue weighted by molar-refractivity contribution is 6.16. The molecule has 0 amide bonds. The first-order valence-electron chi connectivity index (χ1n) is 14.8. The van der Waals surface area contributed by atoms with E-state index in [9.17, 15) is 0 Å². The molecular weight excluding hydrogens is 514 g/mol. The molecule has 0 bridgehead atoms. The van der Waals surface area contributed by atoms with Crippen molar-refractivity contribution in [3.8, 4) is 11.5 Å². The van der Waals surface area contributed by atoms with Gasteiger partial charge in [-0.2, -0.15) is 0 Å². The second-order valence-corrected chi connectivity index (χ2v) is 12.6. The second-order valence-electron chi connectivity index (χ2n) is 12.6. The number of likely N-dealkylation sites (tertiary alicyclic amines) is 1. The Balaban J connectivity index is 0.000000207. The maximum atomic E-state index is 8.75. The molecule has 5 aliphatic rings. The molecular formula is C32H39N7O2. The van der Waals surface area contributed by atoms with Gasteiger partial charge in [-0.3, -0.25) is 10.3 Å². The molecule has 0 radical (unpaired) electrons. The van der Waals surface area contributed by atoms with E-state index in [0.29, 0.717) is 45.5 Å². The zero-order valence-corrected chi connectivity index (χ0v) is 23.4. The van der Waals surface area contributed by atoms with Gasteiger partial charge in [0.05, 0.1) is 30.5 Å². The number of rotatable bonds is 7. The van der Waals surface area contributed by atoms with Crippen molar-refractivity contribution >= 4 is 17.3 Å². The lowest BCUT2D eigenvalue weighted by Crippen LogP contribution is -2.74. The first-order valence-corrected chi connectivity index (χ1v) is 14.8. The smallest absolute Gasteiger partial charge is 0.141 e. The minimum absolute atomic E-state index is 0.305. The molecule has 2 aromatic carbocycles. The summed E-state index contributed by atoms with van der Waals surface area (Å²) in [7, 11) is 0. The van der Waals surface area contributed by atoms with Crippen LogP contribution in [-0.4, -0.2) is 72.1 Å². The van der Waals surface area contributed by atoms with E-state index in [0.717, 1.165) is 30.6 Å². The first kappa shape index (κ1) is 26.4. The monoisotopic (exact) mass is 553 g/mol. The average Bonchev–Trinajstić information content (AvgIpc) is 2.85. The third-order valence-electron chi connectivity index (χ3n) is 9.58. The van der Waals surface area contributed by atoms with Gasteiger partial charge in [0.15, 0.2) is 0 Å². The van der Waals surface area contributed by atoms with Crippen LogP contribution in [0, 0.1) is 16.2 Å². The number of anilines is 2. The van der Waals surface area contributed by atoms with Crippen molar-refractivity contribution in [2.75, 3.05) is 50.4 Å². The molecule has 214 valence electrons. The van der Waals surface area contributed by atoms with Gasteiger partial charge in [0.1, 0.15) is 29.5 Å². The summed E-state index contributed by atoms with van der Waals surface area (Å²) in [6.45, 7) is 7.07. The Morgan fingerprint density at radius 1 is 0.976 bits per heavy atom. The Morgan fingerprint density at radius 3 is 2.27 bits per heavy atom. The fraction of sp³-hybridized carbons (Fsp3) is 0.469. The Hall–Kier alpha value is -3.53. The highest BCUT2D eigenvalue weighted by Crippen LogP contribution is 2.56. The van der Waals surface area contributed by atoms with Crippen LogP contribution in [-0.2, 0) is 4.74 Å². The number of hydrogen-bond donors (Lipinski definition) is 4. The molecule has 4 heterocycles. The summed E-state index contributed by atoms with van der Waals surface area (Å²) in [6.07, 6.45) is 7.86. The van der Waals surface area contributed by atoms with Gasteiger partial charge in [-0.25, -0.2) is 9.97 Å². The van der Waals surface area contributed by atoms with Crippen LogP contribution in [0.1, 0.15) is 43.2 Å². The number of benzene rings is 2. The Kier molecular flexibility index (Phi) is 6.89. The first-order chi connectivity index (χ1) is 20.0. The third kappa shape index (κ3) is 5.29. The number of aromatic nitrogens is 2. The molecule has 41 heavy (non-hydrogen) atoms. The minimum Gasteiger partial charge on any atom is -0.457 e. The number of ether oxygens (including phenoxy) is 2. The number of nitrogen functional groups attached to an aromatic ring is 1. The normalized spacial score (nSPS) is 22.1. The van der Waals surface area contributed by atoms with Crippen LogP contribution in [0.25, 0.3) is 0 Å². The summed E-state index contributed by atoms with van der Waals surface area (Å²) in [6, 6.07) is 18.2. The third-order valence-corrected chi connectivity index (χ3v) is 9.58. The molecule has 2 aliphatic carbocycles. The maximum Gasteiger partial charge on any atom is 0.141 e. The molecule has 1 aromatic heterocycles. The van der Waals surface area contributed by atoms with Gasteiger partial charge in [0.25, 0.3) is 0 Å². The quantitative estimate of drug-likeness (QED) is 0.320. The Labute approximate surface area is 241 Å². The number of nitrogens with two attached hydrogens (primary N) is 1. The van der Waals surface area contributed by atoms with Crippen molar-refractivity contribution in [1.29, 1.82) is 5.41 Å². The number of nitrogens with zero attached hydrogens (tertiary/aromatic N) is 3. The van der Waals surface area contributed by atoms with E-state index in [2.05, 4.69) is 25.5 Å². The second kappa shape index (κ2) is 10.7. The Morgan fingerprint density at radius 2 is 1.68 bits per heavy atom. The van der Waals surface area contributed by atoms with Crippen molar-refractivity contribution in [1.82, 2.24) is 20.2 Å². The predicted molar refractivity (Wildman–Crippen MR) is 160 cm³/mol. The van der Waals surface area contributed by atoms with E-state index in [-0.39, 0.29) is 0 Å². The Bertz CT molecular complexity index is 1370. The van der Waals surface area contributed by atoms with Crippen molar-refractivity contribution in [3.05, 3.63) is 72.1 Å². The minimum atomic E-state index is 0.305. The van der Waals surface area contributed by atoms with Crippen molar-refractivity contribution < 1.29 is 9.47 Å². The summed E-state index contributed by atoms with van der Waals surface area (Å²) >= 11 is 0. The zero-order chi connectivity index (χ0) is 27.9. The highest BCUT2D eigenvalue weighted by atomic mass is 16.5. The van der Waals surface area contributed by atoms with Crippen molar-refractivity contribution in [2.45, 2.75) is 44.2 Å². The van der Waals surface area contributed by atoms with Gasteiger partial charge in [-0.1, -0.05) is 24.6 Å². The summed E-state index contributed by atoms with van der Waals surface area (Å²) in [5, 5.41) is 15.6. The van der Waals surface area contributed by atoms with Gasteiger partial charge in [0, 0.05) is 43.2 Å². The van der Waals surface area contributed by atoms with E-state index in [1.54, 1.807) is 0 Å². The lowest BCUT2D eigenvalue weighted by Gasteiger charge is -2.59. The van der Waals surface area contributed by atoms with Crippen molar-refractivity contribution in [3.63, 3.8) is 0 Å². The molecule has 3 saturated heterocycles. The fourth-order valence-corrected chi connectivity index (χ4v) is 6.79. The van der Waals surface area contributed by atoms with E-state index in [4.69, 9.17) is 20.6 Å². The summed E-state index contributed by atoms with van der Waals surface area (Å²) < 4.78 is 11.0. The van der Waals surface area contributed by atoms with Gasteiger partial charge < -0.3 is 25.8 Å². The predicted octanol–water partition coefficient (Wildman–Crippen LogP) is 4.30. The van der Waals surface area contributed by atoms with Crippen LogP contribution < -0.4 is 21.1 Å². The average molecular weight is 554 g/mol. The summed E-state index contributed by atoms with van der Waals surface area (Å²) in [4.78, 5) is 11.1. The molecule has 3 aromatic rings. The van der Waals surface area contributed by atoms with E-state index in [1.807, 2.05) is 54.6 Å². The van der Waals surface area contributed by atoms with Crippen LogP contribution >= 0.6 is 0 Å². The largest absolute Gasteiger partial charge is 0.457 e. The standard InChI is InChI=1S/C24H25N5O.C8H14N2O/c25-21(16-7-9-19(10-8-16)30-18-5-2-1-3-6-18)20-22(26)27-15-28-23(20)29-17-13-24(14-17)11-4-12-24;1-7(2-11-1)10-5-8(6-10)3-9-4-8/h1-3,5-10,15,17,25H,4,11-14H2,(H3,26,27,28,29);7,9H,1-6H2. The molecule has 3 aliphatic heterocycles. The molecule has 9 nitrogen and oxygen atoms in total. The summed E-state index contributed by atoms with van der Waals surface area (Å²) in [5.41, 5.74) is 9.02. The van der Waals surface area contributed by atoms with Gasteiger partial charge >= 0.3 is 0 Å². The lowest BCUT2D eigenvalue weighted by atomic mass is 9.54. The highest BCUT2D eigenvalue weighted by Gasteiger charge is 2.50. The molecule has 0 atom stereocenters. The number of nitrogens with one attached hydrogen (secondary N) is 3. The van der Waals surface area contributed by atoms with Crippen LogP contribution in [0.2, 0.25) is 0 Å². The fourth-order valence-electron chi connectivity index (χ4n) is 6.79. The van der Waals surface area contributed by atoms with E-state index in [1.165, 1.54) is 64.6 Å². The number of hydrogen-bond acceptors (Lipinski definition) is 9. The SMILES string of the molecule is C1OCC1N1CC2(CNC2)C1.N=C(c1ccc(Oc2ccccc2)cc1)c1c(N)ncnc1NC1CC2(CCC2)C1. The topological polar surface area (TPSA) is 121 Å². The summed E-state index contributed by atoms with van der Waals surface area (Å²) in [5.74, 6) is 2.46. The molecule has 2 spiro atoms. The van der Waals surface area contributed by atoms with Gasteiger partial charge in [-0.15, -0.1) is 0 Å². The van der Waals surface area contributed by atoms with E-state index < -0.39 is 0 Å². The molecule has 0 unspecified atom stereocenters. The van der Waals surface area contributed by atoms with Crippen LogP contribution in [0.5, 0.6) is 11.5 Å². The van der Waals surface area contributed by atoms with Crippen molar-refractivity contribution in [2.24, 2.45) is 10.8 Å². The zero-order valence-electron chi connectivity index (χ0n) is 23.4.